The molecule has 7 nitrogen and oxygen atoms in total. The number of nitriles is 1. The number of H-pyrrole nitrogens is 1. The van der Waals surface area contributed by atoms with E-state index in [1.807, 2.05) is 22.9 Å². The minimum absolute atomic E-state index is 0.194. The highest BCUT2D eigenvalue weighted by molar-refractivity contribution is 5.73. The second kappa shape index (κ2) is 6.49. The number of hydrogen-bond acceptors (Lipinski definition) is 5. The van der Waals surface area contributed by atoms with Gasteiger partial charge in [0.1, 0.15) is 11.2 Å². The van der Waals surface area contributed by atoms with E-state index in [-0.39, 0.29) is 11.6 Å². The molecule has 0 spiro atoms. The zero-order chi connectivity index (χ0) is 17.2. The molecule has 0 atom stereocenters. The predicted molar refractivity (Wildman–Crippen MR) is 91.2 cm³/mol. The summed E-state index contributed by atoms with van der Waals surface area (Å²) in [6, 6.07) is 9.70. The van der Waals surface area contributed by atoms with E-state index in [4.69, 9.17) is 4.74 Å². The number of ether oxygens (including phenoxy) is 1. The number of nitrogens with zero attached hydrogens (tertiary/aromatic N) is 4. The molecule has 1 aliphatic heterocycles. The van der Waals surface area contributed by atoms with Gasteiger partial charge in [-0.25, -0.2) is 9.67 Å². The molecule has 1 N–H and O–H groups in total. The molecule has 0 aliphatic carbocycles. The second-order valence-corrected chi connectivity index (χ2v) is 6.13. The Morgan fingerprint density at radius 2 is 2.12 bits per heavy atom. The zero-order valence-electron chi connectivity index (χ0n) is 13.6. The van der Waals surface area contributed by atoms with Crippen LogP contribution in [0.5, 0.6) is 0 Å². The molecule has 7 heteroatoms. The van der Waals surface area contributed by atoms with Crippen LogP contribution in [0.2, 0.25) is 0 Å². The molecule has 3 heterocycles. The normalized spacial score (nSPS) is 15.3. The Morgan fingerprint density at radius 3 is 2.92 bits per heavy atom. The number of benzene rings is 1. The Balaban J connectivity index is 1.75. The summed E-state index contributed by atoms with van der Waals surface area (Å²) in [5.41, 5.74) is 1.82. The average molecular weight is 335 g/mol. The third-order valence-electron chi connectivity index (χ3n) is 4.54. The van der Waals surface area contributed by atoms with Crippen molar-refractivity contribution in [2.45, 2.75) is 25.3 Å². The van der Waals surface area contributed by atoms with E-state index in [1.54, 1.807) is 12.3 Å². The molecule has 1 saturated heterocycles. The molecule has 0 amide bonds. The summed E-state index contributed by atoms with van der Waals surface area (Å²) >= 11 is 0. The molecule has 4 rings (SSSR count). The van der Waals surface area contributed by atoms with Crippen molar-refractivity contribution >= 4 is 11.0 Å². The molecule has 1 aliphatic rings. The highest BCUT2D eigenvalue weighted by atomic mass is 16.5. The second-order valence-electron chi connectivity index (χ2n) is 6.13. The molecule has 3 aromatic rings. The van der Waals surface area contributed by atoms with E-state index in [0.717, 1.165) is 18.4 Å². The Kier molecular flexibility index (Phi) is 4.04. The van der Waals surface area contributed by atoms with Crippen LogP contribution in [0, 0.1) is 11.3 Å². The molecule has 0 unspecified atom stereocenters. The first kappa shape index (κ1) is 15.5. The maximum absolute atomic E-state index is 12.4. The number of rotatable bonds is 3. The molecule has 1 aromatic carbocycles. The van der Waals surface area contributed by atoms with E-state index in [1.165, 1.54) is 0 Å². The van der Waals surface area contributed by atoms with E-state index < -0.39 is 0 Å². The number of aromatic amines is 1. The van der Waals surface area contributed by atoms with Gasteiger partial charge in [0.15, 0.2) is 5.65 Å². The number of aromatic nitrogens is 4. The Hall–Kier alpha value is -2.98. The summed E-state index contributed by atoms with van der Waals surface area (Å²) in [6.07, 6.45) is 3.69. The van der Waals surface area contributed by atoms with Gasteiger partial charge in [0.25, 0.3) is 5.56 Å². The lowest BCUT2D eigenvalue weighted by atomic mass is 10.1. The van der Waals surface area contributed by atoms with Crippen LogP contribution in [-0.2, 0) is 11.2 Å². The van der Waals surface area contributed by atoms with Gasteiger partial charge in [-0.15, -0.1) is 0 Å². The molecule has 25 heavy (non-hydrogen) atoms. The topological polar surface area (TPSA) is 96.6 Å². The van der Waals surface area contributed by atoms with Gasteiger partial charge >= 0.3 is 0 Å². The lowest BCUT2D eigenvalue weighted by Gasteiger charge is -2.22. The largest absolute Gasteiger partial charge is 0.381 e. The molecule has 0 radical (unpaired) electrons. The van der Waals surface area contributed by atoms with Gasteiger partial charge in [0.2, 0.25) is 0 Å². The van der Waals surface area contributed by atoms with Crippen molar-refractivity contribution in [3.63, 3.8) is 0 Å². The van der Waals surface area contributed by atoms with Gasteiger partial charge in [-0.1, -0.05) is 18.2 Å². The van der Waals surface area contributed by atoms with Crippen LogP contribution in [0.25, 0.3) is 11.0 Å². The fourth-order valence-corrected chi connectivity index (χ4v) is 3.23. The van der Waals surface area contributed by atoms with Gasteiger partial charge in [0, 0.05) is 19.6 Å². The first-order chi connectivity index (χ1) is 12.3. The molecular formula is C18H17N5O2. The maximum atomic E-state index is 12.4. The standard InChI is InChI=1S/C18H17N5O2/c19-10-13-4-2-1-3-12(13)9-16-21-17-15(18(24)22-16)11-20-23(17)14-5-7-25-8-6-14/h1-4,11,14H,5-9H2,(H,21,22,24). The monoisotopic (exact) mass is 335 g/mol. The summed E-state index contributed by atoms with van der Waals surface area (Å²) in [5, 5.41) is 14.1. The highest BCUT2D eigenvalue weighted by Crippen LogP contribution is 2.23. The smallest absolute Gasteiger partial charge is 0.262 e. The third-order valence-corrected chi connectivity index (χ3v) is 4.54. The molecule has 0 saturated carbocycles. The summed E-state index contributed by atoms with van der Waals surface area (Å²) in [5.74, 6) is 0.536. The average Bonchev–Trinajstić information content (AvgIpc) is 3.07. The van der Waals surface area contributed by atoms with Crippen molar-refractivity contribution in [1.29, 1.82) is 5.26 Å². The molecular weight excluding hydrogens is 318 g/mol. The molecule has 0 bridgehead atoms. The summed E-state index contributed by atoms with van der Waals surface area (Å²) < 4.78 is 7.24. The van der Waals surface area contributed by atoms with Crippen LogP contribution in [-0.4, -0.2) is 33.0 Å². The van der Waals surface area contributed by atoms with Crippen molar-refractivity contribution in [1.82, 2.24) is 19.7 Å². The minimum atomic E-state index is -0.201. The number of hydrogen-bond donors (Lipinski definition) is 1. The maximum Gasteiger partial charge on any atom is 0.262 e. The first-order valence-corrected chi connectivity index (χ1v) is 8.28. The van der Waals surface area contributed by atoms with E-state index >= 15 is 0 Å². The molecule has 2 aromatic heterocycles. The number of nitrogens with one attached hydrogen (secondary N) is 1. The third kappa shape index (κ3) is 2.92. The van der Waals surface area contributed by atoms with Crippen LogP contribution < -0.4 is 5.56 Å². The van der Waals surface area contributed by atoms with Gasteiger partial charge in [-0.2, -0.15) is 10.4 Å². The zero-order valence-corrected chi connectivity index (χ0v) is 13.6. The fraction of sp³-hybridized carbons (Fsp3) is 0.333. The summed E-state index contributed by atoms with van der Waals surface area (Å²) in [4.78, 5) is 19.9. The first-order valence-electron chi connectivity index (χ1n) is 8.28. The predicted octanol–water partition coefficient (Wildman–Crippen LogP) is 1.93. The van der Waals surface area contributed by atoms with Gasteiger partial charge in [0.05, 0.1) is 23.9 Å². The molecule has 126 valence electrons. The van der Waals surface area contributed by atoms with Crippen molar-refractivity contribution in [3.8, 4) is 6.07 Å². The van der Waals surface area contributed by atoms with Gasteiger partial charge < -0.3 is 9.72 Å². The van der Waals surface area contributed by atoms with E-state index in [2.05, 4.69) is 21.1 Å². The fourth-order valence-electron chi connectivity index (χ4n) is 3.23. The van der Waals surface area contributed by atoms with Crippen molar-refractivity contribution in [2.75, 3.05) is 13.2 Å². The summed E-state index contributed by atoms with van der Waals surface area (Å²) in [6.45, 7) is 1.38. The van der Waals surface area contributed by atoms with Crippen LogP contribution in [0.15, 0.2) is 35.3 Å². The van der Waals surface area contributed by atoms with Crippen LogP contribution >= 0.6 is 0 Å². The quantitative estimate of drug-likeness (QED) is 0.789. The van der Waals surface area contributed by atoms with Crippen molar-refractivity contribution in [2.24, 2.45) is 0 Å². The van der Waals surface area contributed by atoms with Crippen LogP contribution in [0.4, 0.5) is 0 Å². The van der Waals surface area contributed by atoms with Gasteiger partial charge in [-0.3, -0.25) is 4.79 Å². The lowest BCUT2D eigenvalue weighted by Crippen LogP contribution is -2.21. The van der Waals surface area contributed by atoms with E-state index in [9.17, 15) is 10.1 Å². The Bertz CT molecular complexity index is 1010. The molecule has 1 fully saturated rings. The minimum Gasteiger partial charge on any atom is -0.381 e. The lowest BCUT2D eigenvalue weighted by molar-refractivity contribution is 0.0673. The SMILES string of the molecule is N#Cc1ccccc1Cc1nc2c(cnn2C2CCOCC2)c(=O)[nH]1. The number of fused-ring (bicyclic) bond motifs is 1. The van der Waals surface area contributed by atoms with Crippen molar-refractivity contribution < 1.29 is 4.74 Å². The van der Waals surface area contributed by atoms with Crippen LogP contribution in [0.1, 0.15) is 35.8 Å². The van der Waals surface area contributed by atoms with Crippen molar-refractivity contribution in [3.05, 3.63) is 57.8 Å². The summed E-state index contributed by atoms with van der Waals surface area (Å²) in [7, 11) is 0. The Morgan fingerprint density at radius 1 is 1.32 bits per heavy atom. The van der Waals surface area contributed by atoms with Crippen LogP contribution in [0.3, 0.4) is 0 Å². The Labute approximate surface area is 143 Å². The van der Waals surface area contributed by atoms with E-state index in [0.29, 0.717) is 42.1 Å². The highest BCUT2D eigenvalue weighted by Gasteiger charge is 2.20. The van der Waals surface area contributed by atoms with Gasteiger partial charge in [-0.05, 0) is 24.5 Å².